The van der Waals surface area contributed by atoms with E-state index in [1.807, 2.05) is 44.2 Å². The van der Waals surface area contributed by atoms with Gasteiger partial charge in [0.15, 0.2) is 11.5 Å². The summed E-state index contributed by atoms with van der Waals surface area (Å²) in [6, 6.07) is 11.9. The lowest BCUT2D eigenvalue weighted by atomic mass is 9.79. The minimum absolute atomic E-state index is 0. The monoisotopic (exact) mass is 458 g/mol. The van der Waals surface area contributed by atoms with Gasteiger partial charge in [0.25, 0.3) is 0 Å². The van der Waals surface area contributed by atoms with Crippen molar-refractivity contribution in [3.63, 3.8) is 0 Å². The molecule has 0 unspecified atom stereocenters. The van der Waals surface area contributed by atoms with Crippen LogP contribution in [0, 0.1) is 0 Å². The minimum atomic E-state index is -0.311. The summed E-state index contributed by atoms with van der Waals surface area (Å²) in [7, 11) is 5.47. The molecule has 2 aromatic carbocycles. The van der Waals surface area contributed by atoms with Crippen molar-refractivity contribution in [2.45, 2.75) is 38.3 Å². The molecule has 2 aromatic rings. The summed E-state index contributed by atoms with van der Waals surface area (Å²) in [5, 5.41) is 0. The van der Waals surface area contributed by atoms with Gasteiger partial charge in [-0.1, -0.05) is 12.1 Å². The summed E-state index contributed by atoms with van der Waals surface area (Å²) in [6.45, 7) is 5.68. The molecule has 0 spiro atoms. The number of hydrogen-bond acceptors (Lipinski definition) is 6. The Kier molecular flexibility index (Phi) is 7.47. The fourth-order valence-electron chi connectivity index (χ4n) is 4.48. The maximum atomic E-state index is 12.2. The van der Waals surface area contributed by atoms with Gasteiger partial charge in [-0.05, 0) is 63.7 Å². The van der Waals surface area contributed by atoms with Crippen LogP contribution in [0.1, 0.15) is 53.2 Å². The zero-order valence-corrected chi connectivity index (χ0v) is 20.1. The number of piperidine rings is 1. The molecule has 2 heterocycles. The number of esters is 1. The van der Waals surface area contributed by atoms with Gasteiger partial charge in [-0.3, -0.25) is 4.99 Å². The molecule has 0 radical (unpaired) electrons. The molecule has 4 rings (SSSR count). The van der Waals surface area contributed by atoms with E-state index in [4.69, 9.17) is 19.2 Å². The van der Waals surface area contributed by atoms with E-state index in [0.29, 0.717) is 17.2 Å². The van der Waals surface area contributed by atoms with Crippen molar-refractivity contribution in [2.24, 2.45) is 4.99 Å². The van der Waals surface area contributed by atoms with E-state index in [-0.39, 0.29) is 30.5 Å². The highest BCUT2D eigenvalue weighted by Gasteiger charge is 2.36. The second-order valence-corrected chi connectivity index (χ2v) is 8.53. The van der Waals surface area contributed by atoms with E-state index in [9.17, 15) is 4.79 Å². The number of ether oxygens (including phenoxy) is 3. The molecular weight excluding hydrogens is 428 g/mol. The highest BCUT2D eigenvalue weighted by atomic mass is 35.5. The van der Waals surface area contributed by atoms with Crippen molar-refractivity contribution in [3.05, 3.63) is 58.7 Å². The predicted molar refractivity (Wildman–Crippen MR) is 128 cm³/mol. The molecule has 1 saturated heterocycles. The van der Waals surface area contributed by atoms with Crippen molar-refractivity contribution in [3.8, 4) is 11.5 Å². The predicted octanol–water partition coefficient (Wildman–Crippen LogP) is 4.33. The molecule has 0 aliphatic carbocycles. The van der Waals surface area contributed by atoms with Crippen molar-refractivity contribution in [1.29, 1.82) is 0 Å². The molecule has 1 fully saturated rings. The fourth-order valence-corrected chi connectivity index (χ4v) is 4.48. The average Bonchev–Trinajstić information content (AvgIpc) is 2.77. The molecule has 0 amide bonds. The van der Waals surface area contributed by atoms with Crippen molar-refractivity contribution < 1.29 is 19.0 Å². The Morgan fingerprint density at radius 2 is 1.75 bits per heavy atom. The zero-order chi connectivity index (χ0) is 22.1. The van der Waals surface area contributed by atoms with E-state index in [1.165, 1.54) is 5.56 Å². The minimum Gasteiger partial charge on any atom is -0.493 e. The summed E-state index contributed by atoms with van der Waals surface area (Å²) >= 11 is 0. The van der Waals surface area contributed by atoms with Gasteiger partial charge < -0.3 is 19.1 Å². The molecule has 0 aromatic heterocycles. The molecule has 0 saturated carbocycles. The van der Waals surface area contributed by atoms with E-state index in [2.05, 4.69) is 18.0 Å². The first-order valence-electron chi connectivity index (χ1n) is 10.7. The molecule has 6 nitrogen and oxygen atoms in total. The third-order valence-electron chi connectivity index (χ3n) is 6.02. The molecule has 2 aliphatic heterocycles. The fraction of sp³-hybridized carbons (Fsp3) is 0.440. The topological polar surface area (TPSA) is 60.4 Å². The number of methoxy groups -OCH3 is 2. The van der Waals surface area contributed by atoms with Crippen LogP contribution in [0.4, 0.5) is 0 Å². The second-order valence-electron chi connectivity index (χ2n) is 8.53. The zero-order valence-electron chi connectivity index (χ0n) is 19.3. The molecule has 2 aliphatic rings. The maximum Gasteiger partial charge on any atom is 0.338 e. The van der Waals surface area contributed by atoms with Gasteiger partial charge in [-0.15, -0.1) is 12.4 Å². The normalized spacial score (nSPS) is 19.9. The van der Waals surface area contributed by atoms with Crippen LogP contribution in [0.5, 0.6) is 11.5 Å². The maximum absolute atomic E-state index is 12.2. The number of aliphatic imine (C=N–C) groups is 1. The van der Waals surface area contributed by atoms with Crippen LogP contribution in [0.2, 0.25) is 0 Å². The number of likely N-dealkylation sites (N-methyl/N-ethyl adjacent to an activating group) is 1. The molecule has 7 heteroatoms. The Labute approximate surface area is 196 Å². The Bertz CT molecular complexity index is 1000. The van der Waals surface area contributed by atoms with Gasteiger partial charge in [0.1, 0.15) is 0 Å². The van der Waals surface area contributed by atoms with Crippen LogP contribution < -0.4 is 9.47 Å². The van der Waals surface area contributed by atoms with Gasteiger partial charge >= 0.3 is 5.97 Å². The smallest absolute Gasteiger partial charge is 0.338 e. The first kappa shape index (κ1) is 24.1. The highest BCUT2D eigenvalue weighted by molar-refractivity contribution is 6.15. The molecule has 172 valence electrons. The van der Waals surface area contributed by atoms with Crippen molar-refractivity contribution >= 4 is 24.1 Å². The van der Waals surface area contributed by atoms with E-state index >= 15 is 0 Å². The molecule has 2 atom stereocenters. The van der Waals surface area contributed by atoms with Gasteiger partial charge in [0.05, 0.1) is 37.6 Å². The van der Waals surface area contributed by atoms with Gasteiger partial charge in [0, 0.05) is 23.6 Å². The number of fused-ring (bicyclic) bond motifs is 3. The second kappa shape index (κ2) is 9.92. The Morgan fingerprint density at radius 3 is 2.38 bits per heavy atom. The van der Waals surface area contributed by atoms with Gasteiger partial charge in [-0.2, -0.15) is 0 Å². The Morgan fingerprint density at radius 1 is 1.09 bits per heavy atom. The van der Waals surface area contributed by atoms with E-state index < -0.39 is 0 Å². The summed E-state index contributed by atoms with van der Waals surface area (Å²) in [5.41, 5.74) is 4.75. The van der Waals surface area contributed by atoms with Crippen LogP contribution in [0.3, 0.4) is 0 Å². The van der Waals surface area contributed by atoms with Crippen LogP contribution >= 0.6 is 12.4 Å². The largest absolute Gasteiger partial charge is 0.493 e. The number of carbonyl (C=O) groups is 1. The van der Waals surface area contributed by atoms with Gasteiger partial charge in [-0.25, -0.2) is 4.79 Å². The first-order valence-corrected chi connectivity index (χ1v) is 10.7. The molecular formula is C25H31ClN2O4. The van der Waals surface area contributed by atoms with Crippen LogP contribution in [-0.2, 0) is 4.74 Å². The highest BCUT2D eigenvalue weighted by Crippen LogP contribution is 2.42. The Hall–Kier alpha value is -2.57. The summed E-state index contributed by atoms with van der Waals surface area (Å²) < 4.78 is 16.5. The number of halogens is 1. The van der Waals surface area contributed by atoms with Crippen LogP contribution in [-0.4, -0.2) is 63.1 Å². The van der Waals surface area contributed by atoms with Crippen LogP contribution in [0.25, 0.3) is 0 Å². The first-order chi connectivity index (χ1) is 14.9. The number of nitrogens with zero attached hydrogens (tertiary/aromatic N) is 2. The van der Waals surface area contributed by atoms with E-state index in [0.717, 1.165) is 42.1 Å². The lowest BCUT2D eigenvalue weighted by Crippen LogP contribution is -2.41. The average molecular weight is 459 g/mol. The molecule has 0 bridgehead atoms. The van der Waals surface area contributed by atoms with Crippen molar-refractivity contribution in [2.75, 3.05) is 34.4 Å². The van der Waals surface area contributed by atoms with E-state index in [1.54, 1.807) is 14.2 Å². The summed E-state index contributed by atoms with van der Waals surface area (Å²) in [5.74, 6) is 1.43. The lowest BCUT2D eigenvalue weighted by Gasteiger charge is -2.39. The standard InChI is InChI=1S/C25H30N2O4.ClH/c1-15(2)31-25(28)17-8-6-16(7-9-17)24-19-13-23(30-5)22(29-4)12-18(19)20-14-27(3)11-10-21(20)26-24;/h6-9,12-13,15,20-21H,10-11,14H2,1-5H3;1H/t20-,21-;/m1./s1. The summed E-state index contributed by atoms with van der Waals surface area (Å²) in [4.78, 5) is 19.8. The molecule has 32 heavy (non-hydrogen) atoms. The number of carbonyl (C=O) groups excluding carboxylic acids is 1. The number of hydrogen-bond donors (Lipinski definition) is 0. The number of benzene rings is 2. The summed E-state index contributed by atoms with van der Waals surface area (Å²) in [6.07, 6.45) is 0.864. The number of rotatable bonds is 5. The third kappa shape index (κ3) is 4.62. The third-order valence-corrected chi connectivity index (χ3v) is 6.02. The quantitative estimate of drug-likeness (QED) is 0.624. The lowest BCUT2D eigenvalue weighted by molar-refractivity contribution is 0.0378. The van der Waals surface area contributed by atoms with Crippen molar-refractivity contribution in [1.82, 2.24) is 4.90 Å². The van der Waals surface area contributed by atoms with Gasteiger partial charge in [0.2, 0.25) is 0 Å². The SMILES string of the molecule is COc1cc2c(cc1OC)[C@H]1CN(C)CC[C@H]1N=C2c1ccc(C(=O)OC(C)C)cc1.Cl. The number of likely N-dealkylation sites (tertiary alicyclic amines) is 1. The van der Waals surface area contributed by atoms with Crippen LogP contribution in [0.15, 0.2) is 41.4 Å². The molecule has 0 N–H and O–H groups in total. The Balaban J connectivity index is 0.00000289.